The summed E-state index contributed by atoms with van der Waals surface area (Å²) in [6.45, 7) is 5.30. The van der Waals surface area contributed by atoms with Gasteiger partial charge in [-0.1, -0.05) is 38.1 Å². The van der Waals surface area contributed by atoms with E-state index >= 15 is 0 Å². The summed E-state index contributed by atoms with van der Waals surface area (Å²) in [5.41, 5.74) is 3.93. The number of aryl methyl sites for hydroxylation is 1. The number of hydrogen-bond donors (Lipinski definition) is 0. The molecule has 0 aliphatic carbocycles. The lowest BCUT2D eigenvalue weighted by Gasteiger charge is -2.13. The van der Waals surface area contributed by atoms with Crippen molar-refractivity contribution in [3.63, 3.8) is 0 Å². The molecule has 3 heteroatoms. The highest BCUT2D eigenvalue weighted by atomic mass is 15.1. The molecule has 0 amide bonds. The monoisotopic (exact) mass is 265 g/mol. The van der Waals surface area contributed by atoms with Gasteiger partial charge in [-0.05, 0) is 24.3 Å². The number of nitriles is 1. The molecule has 0 saturated heterocycles. The van der Waals surface area contributed by atoms with Crippen LogP contribution < -0.4 is 0 Å². The van der Waals surface area contributed by atoms with Gasteiger partial charge in [0, 0.05) is 18.5 Å². The first kappa shape index (κ1) is 12.9. The average Bonchev–Trinajstić information content (AvgIpc) is 2.85. The minimum atomic E-state index is 0.523. The molecule has 0 saturated carbocycles. The van der Waals surface area contributed by atoms with Crippen LogP contribution in [0.5, 0.6) is 0 Å². The smallest absolute Gasteiger partial charge is 0.148 e. The van der Waals surface area contributed by atoms with Crippen LogP contribution in [0.4, 0.5) is 0 Å². The zero-order chi connectivity index (χ0) is 14.1. The predicted molar refractivity (Wildman–Crippen MR) is 79.4 cm³/mol. The van der Waals surface area contributed by atoms with E-state index in [0.717, 1.165) is 42.2 Å². The van der Waals surface area contributed by atoms with Gasteiger partial charge in [0.15, 0.2) is 0 Å². The molecule has 1 aliphatic rings. The number of rotatable bonds is 2. The van der Waals surface area contributed by atoms with Gasteiger partial charge < -0.3 is 4.57 Å². The first-order valence-electron chi connectivity index (χ1n) is 7.30. The molecule has 1 aromatic heterocycles. The van der Waals surface area contributed by atoms with Crippen molar-refractivity contribution in [1.82, 2.24) is 9.55 Å². The van der Waals surface area contributed by atoms with Gasteiger partial charge in [0.1, 0.15) is 23.3 Å². The highest BCUT2D eigenvalue weighted by molar-refractivity contribution is 5.66. The van der Waals surface area contributed by atoms with Crippen molar-refractivity contribution in [2.24, 2.45) is 0 Å². The van der Waals surface area contributed by atoms with Gasteiger partial charge in [0.05, 0.1) is 0 Å². The third-order valence-corrected chi connectivity index (χ3v) is 4.04. The first-order chi connectivity index (χ1) is 9.70. The molecule has 2 aromatic rings. The van der Waals surface area contributed by atoms with Crippen molar-refractivity contribution in [3.8, 4) is 17.3 Å². The van der Waals surface area contributed by atoms with E-state index in [-0.39, 0.29) is 0 Å². The van der Waals surface area contributed by atoms with Crippen LogP contribution in [0.15, 0.2) is 24.3 Å². The third kappa shape index (κ3) is 2.12. The Bertz CT molecular complexity index is 657. The summed E-state index contributed by atoms with van der Waals surface area (Å²) in [6, 6.07) is 10.8. The summed E-state index contributed by atoms with van der Waals surface area (Å²) in [7, 11) is 0. The molecule has 0 spiro atoms. The van der Waals surface area contributed by atoms with Crippen LogP contribution in [0.2, 0.25) is 0 Å². The van der Waals surface area contributed by atoms with E-state index in [9.17, 15) is 5.26 Å². The second kappa shape index (κ2) is 5.13. The maximum Gasteiger partial charge on any atom is 0.148 e. The summed E-state index contributed by atoms with van der Waals surface area (Å²) >= 11 is 0. The summed E-state index contributed by atoms with van der Waals surface area (Å²) < 4.78 is 2.09. The summed E-state index contributed by atoms with van der Waals surface area (Å²) in [4.78, 5) is 4.71. The molecular formula is C17H19N3. The van der Waals surface area contributed by atoms with Gasteiger partial charge in [0.25, 0.3) is 0 Å². The van der Waals surface area contributed by atoms with E-state index in [1.807, 2.05) is 0 Å². The number of aromatic nitrogens is 2. The Balaban J connectivity index is 2.06. The van der Waals surface area contributed by atoms with Crippen LogP contribution >= 0.6 is 0 Å². The molecule has 1 aliphatic heterocycles. The van der Waals surface area contributed by atoms with E-state index in [1.165, 1.54) is 12.0 Å². The second-order valence-corrected chi connectivity index (χ2v) is 5.72. The normalized spacial score (nSPS) is 14.1. The van der Waals surface area contributed by atoms with Gasteiger partial charge in [-0.2, -0.15) is 5.26 Å². The second-order valence-electron chi connectivity index (χ2n) is 5.72. The Kier molecular flexibility index (Phi) is 3.31. The molecule has 0 bridgehead atoms. The van der Waals surface area contributed by atoms with Crippen molar-refractivity contribution < 1.29 is 0 Å². The topological polar surface area (TPSA) is 41.6 Å². The van der Waals surface area contributed by atoms with Crippen molar-refractivity contribution in [2.75, 3.05) is 0 Å². The summed E-state index contributed by atoms with van der Waals surface area (Å²) in [5.74, 6) is 1.59. The van der Waals surface area contributed by atoms with Crippen molar-refractivity contribution in [1.29, 1.82) is 5.26 Å². The SMILES string of the molecule is CC(C)c1ccc(-c2nc3n(c2C#N)CCCC3)cc1. The average molecular weight is 265 g/mol. The van der Waals surface area contributed by atoms with Crippen molar-refractivity contribution in [2.45, 2.75) is 45.6 Å². The van der Waals surface area contributed by atoms with E-state index < -0.39 is 0 Å². The van der Waals surface area contributed by atoms with Gasteiger partial charge in [0.2, 0.25) is 0 Å². The molecule has 20 heavy (non-hydrogen) atoms. The predicted octanol–water partition coefficient (Wildman–Crippen LogP) is 3.88. The van der Waals surface area contributed by atoms with Gasteiger partial charge in [-0.3, -0.25) is 0 Å². The van der Waals surface area contributed by atoms with Crippen LogP contribution in [0, 0.1) is 11.3 Å². The van der Waals surface area contributed by atoms with Crippen molar-refractivity contribution >= 4 is 0 Å². The van der Waals surface area contributed by atoms with Gasteiger partial charge in [-0.25, -0.2) is 4.98 Å². The summed E-state index contributed by atoms with van der Waals surface area (Å²) in [6.07, 6.45) is 3.30. The number of hydrogen-bond acceptors (Lipinski definition) is 2. The number of benzene rings is 1. The van der Waals surface area contributed by atoms with Crippen LogP contribution in [-0.2, 0) is 13.0 Å². The molecule has 0 unspecified atom stereocenters. The fourth-order valence-electron chi connectivity index (χ4n) is 2.82. The van der Waals surface area contributed by atoms with Gasteiger partial charge in [-0.15, -0.1) is 0 Å². The number of nitrogens with zero attached hydrogens (tertiary/aromatic N) is 3. The minimum Gasteiger partial charge on any atom is -0.319 e. The van der Waals surface area contributed by atoms with E-state index in [4.69, 9.17) is 4.98 Å². The summed E-state index contributed by atoms with van der Waals surface area (Å²) in [5, 5.41) is 9.46. The first-order valence-corrected chi connectivity index (χ1v) is 7.30. The fraction of sp³-hybridized carbons (Fsp3) is 0.412. The Hall–Kier alpha value is -2.08. The largest absolute Gasteiger partial charge is 0.319 e. The lowest BCUT2D eigenvalue weighted by Crippen LogP contribution is -2.11. The molecule has 0 atom stereocenters. The molecule has 3 rings (SSSR count). The molecule has 0 N–H and O–H groups in total. The maximum atomic E-state index is 9.46. The van der Waals surface area contributed by atoms with Crippen molar-refractivity contribution in [3.05, 3.63) is 41.3 Å². The highest BCUT2D eigenvalue weighted by Gasteiger charge is 2.20. The molecule has 1 aromatic carbocycles. The van der Waals surface area contributed by atoms with E-state index in [0.29, 0.717) is 5.92 Å². The maximum absolute atomic E-state index is 9.46. The quantitative estimate of drug-likeness (QED) is 0.826. The standard InChI is InChI=1S/C17H19N3/c1-12(2)13-6-8-14(9-7-13)17-15(11-18)20-10-4-3-5-16(20)19-17/h6-9,12H,3-5,10H2,1-2H3. The molecule has 0 radical (unpaired) electrons. The lowest BCUT2D eigenvalue weighted by molar-refractivity contribution is 0.519. The fourth-order valence-corrected chi connectivity index (χ4v) is 2.82. The Morgan fingerprint density at radius 1 is 1.20 bits per heavy atom. The van der Waals surface area contributed by atoms with Crippen LogP contribution in [0.3, 0.4) is 0 Å². The molecule has 2 heterocycles. The number of imidazole rings is 1. The third-order valence-electron chi connectivity index (χ3n) is 4.04. The Labute approximate surface area is 119 Å². The Morgan fingerprint density at radius 2 is 1.95 bits per heavy atom. The zero-order valence-corrected chi connectivity index (χ0v) is 12.1. The molecular weight excluding hydrogens is 246 g/mol. The number of fused-ring (bicyclic) bond motifs is 1. The zero-order valence-electron chi connectivity index (χ0n) is 12.1. The van der Waals surface area contributed by atoms with Crippen LogP contribution in [-0.4, -0.2) is 9.55 Å². The minimum absolute atomic E-state index is 0.523. The Morgan fingerprint density at radius 3 is 2.60 bits per heavy atom. The van der Waals surface area contributed by atoms with Crippen LogP contribution in [0.1, 0.15) is 49.7 Å². The van der Waals surface area contributed by atoms with Gasteiger partial charge >= 0.3 is 0 Å². The molecule has 0 fully saturated rings. The van der Waals surface area contributed by atoms with E-state index in [2.05, 4.69) is 48.7 Å². The van der Waals surface area contributed by atoms with Crippen LogP contribution in [0.25, 0.3) is 11.3 Å². The molecule has 102 valence electrons. The molecule has 3 nitrogen and oxygen atoms in total. The lowest BCUT2D eigenvalue weighted by atomic mass is 10.0. The highest BCUT2D eigenvalue weighted by Crippen LogP contribution is 2.28. The van der Waals surface area contributed by atoms with E-state index in [1.54, 1.807) is 0 Å².